The zero-order valence-electron chi connectivity index (χ0n) is 2.98. The molecule has 0 saturated carbocycles. The Balaban J connectivity index is 2.75. The number of hydrogen-bond donors (Lipinski definition) is 4. The standard InChI is InChI=1S/FH6N4P/c1-6(4-2)5-3/h4-5H,2-3H2. The van der Waals surface area contributed by atoms with Crippen LogP contribution in [0.25, 0.3) is 0 Å². The second kappa shape index (κ2) is 3.39. The van der Waals surface area contributed by atoms with Gasteiger partial charge in [0, 0.05) is 0 Å². The molecular formula is H6FN4P. The van der Waals surface area contributed by atoms with Crippen molar-refractivity contribution in [2.75, 3.05) is 0 Å². The van der Waals surface area contributed by atoms with Crippen LogP contribution >= 0.6 is 8.53 Å². The van der Waals surface area contributed by atoms with Crippen molar-refractivity contribution in [2.24, 2.45) is 11.7 Å². The van der Waals surface area contributed by atoms with E-state index in [-0.39, 0.29) is 0 Å². The van der Waals surface area contributed by atoms with Crippen molar-refractivity contribution in [3.63, 3.8) is 0 Å². The van der Waals surface area contributed by atoms with Gasteiger partial charge in [0.1, 0.15) is 0 Å². The van der Waals surface area contributed by atoms with E-state index < -0.39 is 8.53 Å². The maximum atomic E-state index is 11.5. The Morgan fingerprint density at radius 3 is 1.67 bits per heavy atom. The molecule has 0 radical (unpaired) electrons. The third-order valence-corrected chi connectivity index (χ3v) is 0.680. The maximum Gasteiger partial charge on any atom is 0.258 e. The summed E-state index contributed by atoms with van der Waals surface area (Å²) in [4.78, 5) is 0. The largest absolute Gasteiger partial charge is 0.265 e. The van der Waals surface area contributed by atoms with Gasteiger partial charge < -0.3 is 0 Å². The summed E-state index contributed by atoms with van der Waals surface area (Å²) >= 11 is 0. The highest BCUT2D eigenvalue weighted by Gasteiger charge is 1.93. The van der Waals surface area contributed by atoms with Crippen LogP contribution in [-0.4, -0.2) is 0 Å². The molecule has 0 spiro atoms. The van der Waals surface area contributed by atoms with Crippen molar-refractivity contribution in [3.8, 4) is 0 Å². The van der Waals surface area contributed by atoms with Gasteiger partial charge in [0.05, 0.1) is 0 Å². The van der Waals surface area contributed by atoms with Crippen LogP contribution in [-0.2, 0) is 0 Å². The molecule has 0 heterocycles. The van der Waals surface area contributed by atoms with E-state index in [2.05, 4.69) is 11.7 Å². The highest BCUT2D eigenvalue weighted by Crippen LogP contribution is 2.20. The quantitative estimate of drug-likeness (QED) is 0.212. The molecule has 6 heavy (non-hydrogen) atoms. The minimum Gasteiger partial charge on any atom is -0.265 e. The van der Waals surface area contributed by atoms with Crippen molar-refractivity contribution in [1.29, 1.82) is 0 Å². The second-order valence-corrected chi connectivity index (χ2v) is 1.62. The van der Waals surface area contributed by atoms with Crippen molar-refractivity contribution >= 4 is 8.53 Å². The smallest absolute Gasteiger partial charge is 0.258 e. The van der Waals surface area contributed by atoms with E-state index in [1.165, 1.54) is 0 Å². The molecular weight excluding hydrogens is 106 g/mol. The van der Waals surface area contributed by atoms with E-state index in [9.17, 15) is 4.20 Å². The third-order valence-electron chi connectivity index (χ3n) is 0.227. The third kappa shape index (κ3) is 2.44. The number of hydrazine groups is 2. The number of halogens is 1. The summed E-state index contributed by atoms with van der Waals surface area (Å²) in [5, 5.41) is 3.55. The zero-order chi connectivity index (χ0) is 4.99. The van der Waals surface area contributed by atoms with E-state index >= 15 is 0 Å². The van der Waals surface area contributed by atoms with E-state index in [1.807, 2.05) is 0 Å². The van der Waals surface area contributed by atoms with Crippen LogP contribution in [0.5, 0.6) is 0 Å². The van der Waals surface area contributed by atoms with Gasteiger partial charge in [0.25, 0.3) is 8.53 Å². The molecule has 0 fully saturated rings. The second-order valence-electron chi connectivity index (χ2n) is 0.539. The van der Waals surface area contributed by atoms with Crippen molar-refractivity contribution in [2.45, 2.75) is 0 Å². The Labute approximate surface area is 36.0 Å². The number of nitrogens with two attached hydrogens (primary N) is 2. The molecule has 0 amide bonds. The lowest BCUT2D eigenvalue weighted by Gasteiger charge is -1.97. The normalized spacial score (nSPS) is 10.0. The Kier molecular flexibility index (Phi) is 3.51. The molecule has 0 aliphatic carbocycles. The topological polar surface area (TPSA) is 76.1 Å². The fraction of sp³-hybridized carbons (Fsp3) is 0. The zero-order valence-corrected chi connectivity index (χ0v) is 3.87. The average molecular weight is 112 g/mol. The SMILES string of the molecule is NNP(F)NN. The summed E-state index contributed by atoms with van der Waals surface area (Å²) in [7, 11) is -2.02. The fourth-order valence-corrected chi connectivity index (χ4v) is 0.112. The lowest BCUT2D eigenvalue weighted by molar-refractivity contribution is 0.799. The first-order valence-electron chi connectivity index (χ1n) is 1.19. The average Bonchev–Trinajstić information content (AvgIpc) is 1.65. The fourth-order valence-electron chi connectivity index (χ4n) is 0.0373. The molecule has 0 aromatic carbocycles. The lowest BCUT2D eigenvalue weighted by Crippen LogP contribution is -2.25. The number of nitrogens with one attached hydrogen (secondary N) is 2. The van der Waals surface area contributed by atoms with Gasteiger partial charge in [-0.2, -0.15) is 14.6 Å². The van der Waals surface area contributed by atoms with E-state index in [0.29, 0.717) is 0 Å². The van der Waals surface area contributed by atoms with Crippen LogP contribution < -0.4 is 22.1 Å². The summed E-state index contributed by atoms with van der Waals surface area (Å²) in [6, 6.07) is 0. The highest BCUT2D eigenvalue weighted by molar-refractivity contribution is 7.47. The minimum atomic E-state index is -2.02. The van der Waals surface area contributed by atoms with Crippen molar-refractivity contribution in [1.82, 2.24) is 10.4 Å². The molecule has 0 bridgehead atoms. The first-order valence-corrected chi connectivity index (χ1v) is 2.43. The number of rotatable bonds is 2. The molecule has 0 atom stereocenters. The van der Waals surface area contributed by atoms with Gasteiger partial charge in [-0.3, -0.25) is 11.7 Å². The summed E-state index contributed by atoms with van der Waals surface area (Å²) < 4.78 is 11.5. The Bertz CT molecular complexity index is 26.7. The summed E-state index contributed by atoms with van der Waals surface area (Å²) in [5.74, 6) is 9.09. The first-order chi connectivity index (χ1) is 2.81. The van der Waals surface area contributed by atoms with Crippen LogP contribution in [0.15, 0.2) is 0 Å². The van der Waals surface area contributed by atoms with E-state index in [4.69, 9.17) is 0 Å². The monoisotopic (exact) mass is 112 g/mol. The molecule has 0 rings (SSSR count). The Morgan fingerprint density at radius 1 is 1.33 bits per heavy atom. The number of hydrogen-bond acceptors (Lipinski definition) is 4. The van der Waals surface area contributed by atoms with E-state index in [0.717, 1.165) is 0 Å². The summed E-state index contributed by atoms with van der Waals surface area (Å²) in [6.45, 7) is 0. The van der Waals surface area contributed by atoms with Gasteiger partial charge in [-0.1, -0.05) is 0 Å². The molecule has 0 saturated heterocycles. The molecule has 6 heteroatoms. The predicted molar refractivity (Wildman–Crippen MR) is 22.7 cm³/mol. The molecule has 0 aliphatic rings. The first kappa shape index (κ1) is 6.20. The molecule has 0 aliphatic heterocycles. The highest BCUT2D eigenvalue weighted by atomic mass is 31.2. The van der Waals surface area contributed by atoms with Crippen LogP contribution in [0.4, 0.5) is 4.20 Å². The molecule has 0 aromatic heterocycles. The summed E-state index contributed by atoms with van der Waals surface area (Å²) in [5.41, 5.74) is 0. The maximum absolute atomic E-state index is 11.5. The molecule has 0 aromatic rings. The van der Waals surface area contributed by atoms with Crippen LogP contribution in [0.2, 0.25) is 0 Å². The van der Waals surface area contributed by atoms with Crippen LogP contribution in [0, 0.1) is 0 Å². The van der Waals surface area contributed by atoms with Crippen molar-refractivity contribution in [3.05, 3.63) is 0 Å². The van der Waals surface area contributed by atoms with Crippen LogP contribution in [0.1, 0.15) is 0 Å². The van der Waals surface area contributed by atoms with Crippen LogP contribution in [0.3, 0.4) is 0 Å². The molecule has 0 unspecified atom stereocenters. The van der Waals surface area contributed by atoms with Gasteiger partial charge in [0.15, 0.2) is 0 Å². The minimum absolute atomic E-state index is 1.78. The van der Waals surface area contributed by atoms with Gasteiger partial charge in [-0.25, -0.2) is 0 Å². The molecule has 4 nitrogen and oxygen atoms in total. The van der Waals surface area contributed by atoms with Crippen molar-refractivity contribution < 1.29 is 4.20 Å². The van der Waals surface area contributed by atoms with Gasteiger partial charge in [0.2, 0.25) is 0 Å². The molecule has 38 valence electrons. The van der Waals surface area contributed by atoms with Gasteiger partial charge in [-0.15, -0.1) is 0 Å². The van der Waals surface area contributed by atoms with E-state index in [1.54, 1.807) is 10.4 Å². The molecule has 6 N–H and O–H groups in total. The van der Waals surface area contributed by atoms with Gasteiger partial charge in [-0.05, 0) is 0 Å². The lowest BCUT2D eigenvalue weighted by atomic mass is 12.9. The predicted octanol–water partition coefficient (Wildman–Crippen LogP) is -0.891. The van der Waals surface area contributed by atoms with Gasteiger partial charge >= 0.3 is 0 Å². The summed E-state index contributed by atoms with van der Waals surface area (Å²) in [6.07, 6.45) is 0. The Morgan fingerprint density at radius 2 is 1.67 bits per heavy atom. The Hall–Kier alpha value is 0.200.